The Morgan fingerprint density at radius 3 is 2.66 bits per heavy atom. The Balaban J connectivity index is 1.54. The van der Waals surface area contributed by atoms with Crippen LogP contribution in [-0.2, 0) is 20.9 Å². The summed E-state index contributed by atoms with van der Waals surface area (Å²) in [5.74, 6) is 0.589. The molecule has 10 nitrogen and oxygen atoms in total. The molecule has 1 saturated carbocycles. The summed E-state index contributed by atoms with van der Waals surface area (Å²) < 4.78 is 18.7. The zero-order chi connectivity index (χ0) is 26.5. The third-order valence-electron chi connectivity index (χ3n) is 7.44. The molecule has 2 amide bonds. The Kier molecular flexibility index (Phi) is 8.07. The Morgan fingerprint density at radius 1 is 1.11 bits per heavy atom. The SMILES string of the molecule is COc1ccc(OC)c([C@@H](C(=O)NC2CCCC2)N(C[C@H]2CCCO2)C(=O)Cn2nnc3ccccc32)c1. The van der Waals surface area contributed by atoms with Crippen LogP contribution in [0.4, 0.5) is 0 Å². The summed E-state index contributed by atoms with van der Waals surface area (Å²) in [6.45, 7) is 0.850. The van der Waals surface area contributed by atoms with Gasteiger partial charge in [0.25, 0.3) is 0 Å². The second-order valence-electron chi connectivity index (χ2n) is 9.92. The van der Waals surface area contributed by atoms with Gasteiger partial charge in [0.05, 0.1) is 25.8 Å². The fraction of sp³-hybridized carbons (Fsp3) is 0.500. The van der Waals surface area contributed by atoms with Gasteiger partial charge in [-0.3, -0.25) is 9.59 Å². The van der Waals surface area contributed by atoms with E-state index in [2.05, 4.69) is 15.6 Å². The molecule has 1 aliphatic carbocycles. The fourth-order valence-electron chi connectivity index (χ4n) is 5.47. The summed E-state index contributed by atoms with van der Waals surface area (Å²) in [6, 6.07) is 12.0. The van der Waals surface area contributed by atoms with Crippen molar-refractivity contribution in [3.8, 4) is 11.5 Å². The van der Waals surface area contributed by atoms with Crippen LogP contribution in [-0.4, -0.2) is 71.2 Å². The molecule has 2 atom stereocenters. The number of aromatic nitrogens is 3. The highest BCUT2D eigenvalue weighted by Gasteiger charge is 2.37. The highest BCUT2D eigenvalue weighted by Crippen LogP contribution is 2.35. The lowest BCUT2D eigenvalue weighted by Crippen LogP contribution is -2.49. The van der Waals surface area contributed by atoms with E-state index in [1.807, 2.05) is 24.3 Å². The number of hydrogen-bond donors (Lipinski definition) is 1. The molecule has 38 heavy (non-hydrogen) atoms. The molecule has 0 bridgehead atoms. The summed E-state index contributed by atoms with van der Waals surface area (Å²) in [4.78, 5) is 29.7. The van der Waals surface area contributed by atoms with Crippen LogP contribution < -0.4 is 14.8 Å². The number of methoxy groups -OCH3 is 2. The first-order valence-corrected chi connectivity index (χ1v) is 13.3. The van der Waals surface area contributed by atoms with Crippen molar-refractivity contribution in [3.05, 3.63) is 48.0 Å². The van der Waals surface area contributed by atoms with Gasteiger partial charge in [-0.1, -0.05) is 30.2 Å². The average molecular weight is 522 g/mol. The summed E-state index contributed by atoms with van der Waals surface area (Å²) >= 11 is 0. The summed E-state index contributed by atoms with van der Waals surface area (Å²) in [5, 5.41) is 11.6. The van der Waals surface area contributed by atoms with Crippen LogP contribution in [0, 0.1) is 0 Å². The van der Waals surface area contributed by atoms with Crippen LogP contribution in [0.5, 0.6) is 11.5 Å². The fourth-order valence-corrected chi connectivity index (χ4v) is 5.47. The first-order valence-electron chi connectivity index (χ1n) is 13.3. The van der Waals surface area contributed by atoms with Gasteiger partial charge in [0, 0.05) is 24.8 Å². The van der Waals surface area contributed by atoms with E-state index in [0.717, 1.165) is 44.0 Å². The Morgan fingerprint density at radius 2 is 1.92 bits per heavy atom. The Labute approximate surface area is 222 Å². The van der Waals surface area contributed by atoms with Crippen molar-refractivity contribution in [2.75, 3.05) is 27.4 Å². The van der Waals surface area contributed by atoms with Crippen LogP contribution >= 0.6 is 0 Å². The maximum atomic E-state index is 14.1. The number of para-hydroxylation sites is 1. The second kappa shape index (κ2) is 11.8. The van der Waals surface area contributed by atoms with Gasteiger partial charge in [0.1, 0.15) is 29.6 Å². The third kappa shape index (κ3) is 5.60. The van der Waals surface area contributed by atoms with Gasteiger partial charge in [-0.25, -0.2) is 4.68 Å². The molecular weight excluding hydrogens is 486 g/mol. The van der Waals surface area contributed by atoms with Crippen molar-refractivity contribution in [2.45, 2.75) is 63.3 Å². The van der Waals surface area contributed by atoms with E-state index < -0.39 is 6.04 Å². The lowest BCUT2D eigenvalue weighted by Gasteiger charge is -2.34. The van der Waals surface area contributed by atoms with Crippen molar-refractivity contribution in [1.29, 1.82) is 0 Å². The standard InChI is InChI=1S/C28H35N5O5/c1-36-20-13-14-25(37-2)22(16-20)27(28(35)29-19-8-3-4-9-19)32(17-21-10-7-15-38-21)26(34)18-33-24-12-6-5-11-23(24)30-31-33/h5-6,11-14,16,19,21,27H,3-4,7-10,15,17-18H2,1-2H3,(H,29,35)/t21-,27+/m1/s1. The number of rotatable bonds is 10. The monoisotopic (exact) mass is 521 g/mol. The maximum Gasteiger partial charge on any atom is 0.247 e. The van der Waals surface area contributed by atoms with Crippen LogP contribution in [0.3, 0.4) is 0 Å². The summed E-state index contributed by atoms with van der Waals surface area (Å²) in [5.41, 5.74) is 2.02. The predicted octanol–water partition coefficient (Wildman–Crippen LogP) is 3.26. The normalized spacial score (nSPS) is 18.4. The molecule has 2 heterocycles. The first-order chi connectivity index (χ1) is 18.6. The number of carbonyl (C=O) groups is 2. The molecule has 10 heteroatoms. The minimum absolute atomic E-state index is 0.0628. The van der Waals surface area contributed by atoms with Gasteiger partial charge < -0.3 is 24.4 Å². The van der Waals surface area contributed by atoms with Gasteiger partial charge in [0.15, 0.2) is 0 Å². The summed E-state index contributed by atoms with van der Waals surface area (Å²) in [7, 11) is 3.13. The van der Waals surface area contributed by atoms with Crippen molar-refractivity contribution >= 4 is 22.8 Å². The lowest BCUT2D eigenvalue weighted by atomic mass is 10.0. The van der Waals surface area contributed by atoms with E-state index in [0.29, 0.717) is 29.2 Å². The van der Waals surface area contributed by atoms with Gasteiger partial charge in [-0.05, 0) is 56.0 Å². The number of fused-ring (bicyclic) bond motifs is 1. The molecule has 0 unspecified atom stereocenters. The lowest BCUT2D eigenvalue weighted by molar-refractivity contribution is -0.143. The van der Waals surface area contributed by atoms with E-state index >= 15 is 0 Å². The maximum absolute atomic E-state index is 14.1. The second-order valence-corrected chi connectivity index (χ2v) is 9.92. The van der Waals surface area contributed by atoms with Crippen molar-refractivity contribution in [1.82, 2.24) is 25.2 Å². The molecule has 2 aliphatic rings. The average Bonchev–Trinajstić information content (AvgIpc) is 3.72. The van der Waals surface area contributed by atoms with E-state index in [1.165, 1.54) is 0 Å². The smallest absolute Gasteiger partial charge is 0.247 e. The molecular formula is C28H35N5O5. The summed E-state index contributed by atoms with van der Waals surface area (Å²) in [6.07, 6.45) is 5.59. The third-order valence-corrected chi connectivity index (χ3v) is 7.44. The Bertz CT molecular complexity index is 1270. The van der Waals surface area contributed by atoms with Crippen LogP contribution in [0.25, 0.3) is 11.0 Å². The topological polar surface area (TPSA) is 108 Å². The van der Waals surface area contributed by atoms with Gasteiger partial charge in [-0.15, -0.1) is 5.10 Å². The predicted molar refractivity (Wildman–Crippen MR) is 141 cm³/mol. The molecule has 1 aliphatic heterocycles. The van der Waals surface area contributed by atoms with Crippen molar-refractivity contribution in [2.24, 2.45) is 0 Å². The molecule has 0 radical (unpaired) electrons. The molecule has 202 valence electrons. The number of carbonyl (C=O) groups excluding carboxylic acids is 2. The zero-order valence-electron chi connectivity index (χ0n) is 22.0. The van der Waals surface area contributed by atoms with Gasteiger partial charge in [0.2, 0.25) is 11.8 Å². The van der Waals surface area contributed by atoms with Crippen LogP contribution in [0.1, 0.15) is 50.1 Å². The molecule has 2 aromatic carbocycles. The van der Waals surface area contributed by atoms with Gasteiger partial charge >= 0.3 is 0 Å². The van der Waals surface area contributed by atoms with Crippen molar-refractivity contribution in [3.63, 3.8) is 0 Å². The highest BCUT2D eigenvalue weighted by atomic mass is 16.5. The minimum Gasteiger partial charge on any atom is -0.497 e. The first kappa shape index (κ1) is 26.0. The van der Waals surface area contributed by atoms with Crippen LogP contribution in [0.15, 0.2) is 42.5 Å². The number of benzene rings is 2. The van der Waals surface area contributed by atoms with E-state index in [-0.39, 0.29) is 37.0 Å². The molecule has 5 rings (SSSR count). The van der Waals surface area contributed by atoms with Crippen molar-refractivity contribution < 1.29 is 23.8 Å². The highest BCUT2D eigenvalue weighted by molar-refractivity contribution is 5.90. The molecule has 3 aromatic rings. The number of hydrogen-bond acceptors (Lipinski definition) is 7. The number of amides is 2. The minimum atomic E-state index is -0.938. The number of nitrogens with zero attached hydrogens (tertiary/aromatic N) is 4. The Hall–Kier alpha value is -3.66. The number of ether oxygens (including phenoxy) is 3. The number of nitrogens with one attached hydrogen (secondary N) is 1. The van der Waals surface area contributed by atoms with Gasteiger partial charge in [-0.2, -0.15) is 0 Å². The molecule has 1 aromatic heterocycles. The molecule has 0 spiro atoms. The molecule has 2 fully saturated rings. The van der Waals surface area contributed by atoms with E-state index in [4.69, 9.17) is 14.2 Å². The van der Waals surface area contributed by atoms with E-state index in [9.17, 15) is 9.59 Å². The van der Waals surface area contributed by atoms with E-state index in [1.54, 1.807) is 42.0 Å². The largest absolute Gasteiger partial charge is 0.497 e. The molecule has 1 N–H and O–H groups in total. The van der Waals surface area contributed by atoms with Crippen LogP contribution in [0.2, 0.25) is 0 Å². The quantitative estimate of drug-likeness (QED) is 0.436. The molecule has 1 saturated heterocycles. The zero-order valence-corrected chi connectivity index (χ0v) is 22.0.